The summed E-state index contributed by atoms with van der Waals surface area (Å²) in [6, 6.07) is 18.6. The number of hydrogen-bond donors (Lipinski definition) is 0. The minimum Gasteiger partial charge on any atom is -0.297 e. The second-order valence-electron chi connectivity index (χ2n) is 6.76. The zero-order valence-corrected chi connectivity index (χ0v) is 16.9. The van der Waals surface area contributed by atoms with Crippen molar-refractivity contribution in [1.29, 1.82) is 5.26 Å². The summed E-state index contributed by atoms with van der Waals surface area (Å²) in [5, 5.41) is 12.6. The molecule has 3 aromatic heterocycles. The molecule has 0 amide bonds. The Morgan fingerprint density at radius 3 is 2.79 bits per heavy atom. The number of imidazole rings is 1. The SMILES string of the molecule is N#CCCc1ccc(-n2cnc3cnc4ccc(-c5cccs5)cc4c32)c(Cl)c1. The lowest BCUT2D eigenvalue weighted by Crippen LogP contribution is -1.96. The number of thiophene rings is 1. The van der Waals surface area contributed by atoms with Crippen LogP contribution in [0, 0.1) is 11.3 Å². The highest BCUT2D eigenvalue weighted by atomic mass is 35.5. The lowest BCUT2D eigenvalue weighted by atomic mass is 10.1. The predicted molar refractivity (Wildman–Crippen MR) is 119 cm³/mol. The van der Waals surface area contributed by atoms with Gasteiger partial charge in [-0.1, -0.05) is 29.8 Å². The van der Waals surface area contributed by atoms with Crippen LogP contribution in [0.1, 0.15) is 12.0 Å². The van der Waals surface area contributed by atoms with Gasteiger partial charge in [0.1, 0.15) is 11.8 Å². The normalized spacial score (nSPS) is 11.2. The van der Waals surface area contributed by atoms with Gasteiger partial charge < -0.3 is 0 Å². The molecule has 140 valence electrons. The van der Waals surface area contributed by atoms with Crippen molar-refractivity contribution in [3.05, 3.63) is 77.0 Å². The van der Waals surface area contributed by atoms with Crippen LogP contribution in [0.25, 0.3) is 38.1 Å². The van der Waals surface area contributed by atoms with Gasteiger partial charge in [-0.2, -0.15) is 5.26 Å². The minimum atomic E-state index is 0.478. The van der Waals surface area contributed by atoms with E-state index in [0.29, 0.717) is 17.9 Å². The first kappa shape index (κ1) is 17.9. The maximum absolute atomic E-state index is 8.81. The van der Waals surface area contributed by atoms with Crippen LogP contribution in [-0.4, -0.2) is 14.5 Å². The number of fused-ring (bicyclic) bond motifs is 3. The third kappa shape index (κ3) is 3.17. The summed E-state index contributed by atoms with van der Waals surface area (Å²) in [7, 11) is 0. The second kappa shape index (κ2) is 7.32. The molecule has 0 spiro atoms. The van der Waals surface area contributed by atoms with Crippen LogP contribution < -0.4 is 0 Å². The van der Waals surface area contributed by atoms with Gasteiger partial charge in [0.15, 0.2) is 0 Å². The number of rotatable bonds is 4. The van der Waals surface area contributed by atoms with Crippen LogP contribution in [0.4, 0.5) is 0 Å². The standard InChI is InChI=1S/C23H15ClN4S/c24-18-11-15(3-1-9-25)5-8-21(18)28-14-27-20-13-26-19-7-6-16(12-17(19)23(20)28)22-4-2-10-29-22/h2,4-8,10-14H,1,3H2. The lowest BCUT2D eigenvalue weighted by Gasteiger charge is -2.11. The van der Waals surface area contributed by atoms with Crippen LogP contribution in [0.3, 0.4) is 0 Å². The number of halogens is 1. The Hall–Kier alpha value is -3.20. The van der Waals surface area contributed by atoms with Gasteiger partial charge in [-0.3, -0.25) is 9.55 Å². The molecule has 6 heteroatoms. The van der Waals surface area contributed by atoms with Crippen LogP contribution in [0.15, 0.2) is 66.4 Å². The molecular formula is C23H15ClN4S. The predicted octanol–water partition coefficient (Wildman–Crippen LogP) is 6.41. The summed E-state index contributed by atoms with van der Waals surface area (Å²) in [6.07, 6.45) is 4.76. The highest BCUT2D eigenvalue weighted by Gasteiger charge is 2.13. The zero-order valence-electron chi connectivity index (χ0n) is 15.3. The molecule has 2 aromatic carbocycles. The fourth-order valence-electron chi connectivity index (χ4n) is 3.57. The van der Waals surface area contributed by atoms with Crippen LogP contribution in [0.5, 0.6) is 0 Å². The summed E-state index contributed by atoms with van der Waals surface area (Å²) in [5.74, 6) is 0. The Kier molecular flexibility index (Phi) is 4.51. The molecule has 0 radical (unpaired) electrons. The van der Waals surface area contributed by atoms with Gasteiger partial charge >= 0.3 is 0 Å². The molecule has 0 aliphatic heterocycles. The summed E-state index contributed by atoms with van der Waals surface area (Å²) in [6.45, 7) is 0. The molecule has 0 bridgehead atoms. The van der Waals surface area contributed by atoms with E-state index in [1.54, 1.807) is 23.9 Å². The number of pyridine rings is 1. The van der Waals surface area contributed by atoms with Crippen molar-refractivity contribution in [2.45, 2.75) is 12.8 Å². The maximum atomic E-state index is 8.81. The minimum absolute atomic E-state index is 0.478. The fraction of sp³-hybridized carbons (Fsp3) is 0.0870. The lowest BCUT2D eigenvalue weighted by molar-refractivity contribution is 1.00. The number of benzene rings is 2. The van der Waals surface area contributed by atoms with Crippen molar-refractivity contribution in [3.63, 3.8) is 0 Å². The van der Waals surface area contributed by atoms with Crippen molar-refractivity contribution >= 4 is 44.9 Å². The largest absolute Gasteiger partial charge is 0.297 e. The summed E-state index contributed by atoms with van der Waals surface area (Å²) >= 11 is 8.33. The van der Waals surface area contributed by atoms with Crippen LogP contribution in [0.2, 0.25) is 5.02 Å². The van der Waals surface area contributed by atoms with Crippen molar-refractivity contribution in [3.8, 4) is 22.2 Å². The first-order chi connectivity index (χ1) is 14.2. The van der Waals surface area contributed by atoms with Crippen molar-refractivity contribution in [2.75, 3.05) is 0 Å². The van der Waals surface area contributed by atoms with Crippen molar-refractivity contribution in [2.24, 2.45) is 0 Å². The molecular weight excluding hydrogens is 400 g/mol. The third-order valence-electron chi connectivity index (χ3n) is 4.98. The average molecular weight is 415 g/mol. The smallest absolute Gasteiger partial charge is 0.108 e. The molecule has 5 rings (SSSR count). The van der Waals surface area contributed by atoms with Gasteiger partial charge in [0.05, 0.1) is 34.0 Å². The Labute approximate surface area is 176 Å². The van der Waals surface area contributed by atoms with E-state index in [9.17, 15) is 0 Å². The fourth-order valence-corrected chi connectivity index (χ4v) is 4.59. The molecule has 3 heterocycles. The highest BCUT2D eigenvalue weighted by molar-refractivity contribution is 7.13. The molecule has 4 nitrogen and oxygen atoms in total. The number of nitrogens with zero attached hydrogens (tertiary/aromatic N) is 4. The molecule has 0 aliphatic rings. The van der Waals surface area contributed by atoms with E-state index in [4.69, 9.17) is 16.9 Å². The van der Waals surface area contributed by atoms with Crippen molar-refractivity contribution in [1.82, 2.24) is 14.5 Å². The second-order valence-corrected chi connectivity index (χ2v) is 8.11. The van der Waals surface area contributed by atoms with Gasteiger partial charge in [0, 0.05) is 16.7 Å². The molecule has 0 atom stereocenters. The zero-order chi connectivity index (χ0) is 19.8. The number of hydrogen-bond acceptors (Lipinski definition) is 4. The van der Waals surface area contributed by atoms with Crippen molar-refractivity contribution < 1.29 is 0 Å². The average Bonchev–Trinajstić information content (AvgIpc) is 3.42. The molecule has 0 N–H and O–H groups in total. The Balaban J connectivity index is 1.71. The van der Waals surface area contributed by atoms with E-state index in [-0.39, 0.29) is 0 Å². The molecule has 5 aromatic rings. The van der Waals surface area contributed by atoms with Crippen LogP contribution in [-0.2, 0) is 6.42 Å². The van der Waals surface area contributed by atoms with Crippen LogP contribution >= 0.6 is 22.9 Å². The Morgan fingerprint density at radius 1 is 1.07 bits per heavy atom. The van der Waals surface area contributed by atoms with E-state index in [1.807, 2.05) is 28.8 Å². The molecule has 0 fully saturated rings. The van der Waals surface area contributed by atoms with E-state index in [2.05, 4.69) is 45.7 Å². The first-order valence-electron chi connectivity index (χ1n) is 9.20. The molecule has 0 saturated carbocycles. The number of aryl methyl sites for hydroxylation is 1. The maximum Gasteiger partial charge on any atom is 0.108 e. The number of aromatic nitrogens is 3. The molecule has 0 saturated heterocycles. The van der Waals surface area contributed by atoms with Gasteiger partial charge in [0.2, 0.25) is 0 Å². The topological polar surface area (TPSA) is 54.5 Å². The van der Waals surface area contributed by atoms with E-state index in [1.165, 1.54) is 4.88 Å². The van der Waals surface area contributed by atoms with Gasteiger partial charge in [-0.15, -0.1) is 11.3 Å². The highest BCUT2D eigenvalue weighted by Crippen LogP contribution is 2.33. The monoisotopic (exact) mass is 414 g/mol. The molecule has 0 aliphatic carbocycles. The first-order valence-corrected chi connectivity index (χ1v) is 10.5. The molecule has 0 unspecified atom stereocenters. The van der Waals surface area contributed by atoms with E-state index >= 15 is 0 Å². The Morgan fingerprint density at radius 2 is 2.00 bits per heavy atom. The molecule has 29 heavy (non-hydrogen) atoms. The van der Waals surface area contributed by atoms with Gasteiger partial charge in [0.25, 0.3) is 0 Å². The number of nitriles is 1. The van der Waals surface area contributed by atoms with Gasteiger partial charge in [-0.25, -0.2) is 4.98 Å². The summed E-state index contributed by atoms with van der Waals surface area (Å²) in [5.41, 5.74) is 5.81. The quantitative estimate of drug-likeness (QED) is 0.341. The van der Waals surface area contributed by atoms with Gasteiger partial charge in [-0.05, 0) is 53.3 Å². The summed E-state index contributed by atoms with van der Waals surface area (Å²) in [4.78, 5) is 10.3. The van der Waals surface area contributed by atoms with E-state index in [0.717, 1.165) is 38.8 Å². The van der Waals surface area contributed by atoms with E-state index < -0.39 is 0 Å². The Bertz CT molecular complexity index is 1380. The third-order valence-corrected chi connectivity index (χ3v) is 6.20. The summed E-state index contributed by atoms with van der Waals surface area (Å²) < 4.78 is 2.02.